The smallest absolute Gasteiger partial charge is 0.253 e. The number of piperidine rings is 1. The molecule has 1 saturated heterocycles. The van der Waals surface area contributed by atoms with Crippen molar-refractivity contribution in [1.29, 1.82) is 0 Å². The second kappa shape index (κ2) is 4.39. The number of carbonyl (C=O) groups excluding carboxylic acids is 1. The number of nitrogen functional groups attached to an aromatic ring is 1. The number of benzene rings is 1. The molecule has 3 nitrogen and oxygen atoms in total. The summed E-state index contributed by atoms with van der Waals surface area (Å²) in [4.78, 5) is 13.9. The second-order valence-electron chi connectivity index (χ2n) is 4.16. The van der Waals surface area contributed by atoms with Crippen LogP contribution in [0.3, 0.4) is 0 Å². The number of nitrogens with two attached hydrogens (primary N) is 1. The van der Waals surface area contributed by atoms with E-state index in [4.69, 9.17) is 5.73 Å². The SMILES string of the molecule is C=C1CCN(C(=O)c2ccc(N)cc2)CC1. The molecular formula is C13H16N2O. The Labute approximate surface area is 95.6 Å². The van der Waals surface area contributed by atoms with Crippen LogP contribution in [-0.2, 0) is 0 Å². The number of anilines is 1. The Bertz CT molecular complexity index is 398. The summed E-state index contributed by atoms with van der Waals surface area (Å²) < 4.78 is 0. The van der Waals surface area contributed by atoms with Crippen LogP contribution in [0.4, 0.5) is 5.69 Å². The second-order valence-corrected chi connectivity index (χ2v) is 4.16. The summed E-state index contributed by atoms with van der Waals surface area (Å²) in [6.07, 6.45) is 1.83. The fraction of sp³-hybridized carbons (Fsp3) is 0.308. The Morgan fingerprint density at radius 3 is 2.31 bits per heavy atom. The molecular weight excluding hydrogens is 200 g/mol. The third kappa shape index (κ3) is 2.24. The molecule has 2 rings (SSSR count). The van der Waals surface area contributed by atoms with Crippen LogP contribution in [0.15, 0.2) is 36.4 Å². The molecule has 1 aliphatic rings. The quantitative estimate of drug-likeness (QED) is 0.577. The first-order valence-electron chi connectivity index (χ1n) is 5.48. The summed E-state index contributed by atoms with van der Waals surface area (Å²) in [6.45, 7) is 5.50. The maximum atomic E-state index is 12.1. The normalized spacial score (nSPS) is 16.2. The molecule has 1 amide bonds. The Balaban J connectivity index is 2.07. The third-order valence-corrected chi connectivity index (χ3v) is 2.92. The first-order chi connectivity index (χ1) is 7.66. The van der Waals surface area contributed by atoms with Crippen molar-refractivity contribution in [1.82, 2.24) is 4.90 Å². The summed E-state index contributed by atoms with van der Waals surface area (Å²) in [5.41, 5.74) is 8.22. The maximum absolute atomic E-state index is 12.1. The highest BCUT2D eigenvalue weighted by molar-refractivity contribution is 5.94. The number of likely N-dealkylation sites (tertiary alicyclic amines) is 1. The largest absolute Gasteiger partial charge is 0.399 e. The average Bonchev–Trinajstić information content (AvgIpc) is 2.30. The molecule has 1 aromatic rings. The molecule has 2 N–H and O–H groups in total. The van der Waals surface area contributed by atoms with Gasteiger partial charge in [0.25, 0.3) is 5.91 Å². The van der Waals surface area contributed by atoms with Crippen molar-refractivity contribution in [2.75, 3.05) is 18.8 Å². The van der Waals surface area contributed by atoms with E-state index < -0.39 is 0 Å². The molecule has 1 aromatic carbocycles. The predicted octanol–water partition coefficient (Wildman–Crippen LogP) is 2.06. The molecule has 0 radical (unpaired) electrons. The summed E-state index contributed by atoms with van der Waals surface area (Å²) >= 11 is 0. The predicted molar refractivity (Wildman–Crippen MR) is 65.1 cm³/mol. The highest BCUT2D eigenvalue weighted by Gasteiger charge is 2.19. The van der Waals surface area contributed by atoms with E-state index in [0.717, 1.165) is 25.9 Å². The van der Waals surface area contributed by atoms with Crippen LogP contribution in [0.5, 0.6) is 0 Å². The van der Waals surface area contributed by atoms with Gasteiger partial charge in [0.15, 0.2) is 0 Å². The van der Waals surface area contributed by atoms with Crippen LogP contribution in [0.25, 0.3) is 0 Å². The Hall–Kier alpha value is -1.77. The van der Waals surface area contributed by atoms with Gasteiger partial charge >= 0.3 is 0 Å². The van der Waals surface area contributed by atoms with Crippen LogP contribution in [0.2, 0.25) is 0 Å². The van der Waals surface area contributed by atoms with E-state index in [-0.39, 0.29) is 5.91 Å². The van der Waals surface area contributed by atoms with Crippen molar-refractivity contribution in [3.05, 3.63) is 42.0 Å². The van der Waals surface area contributed by atoms with E-state index in [9.17, 15) is 4.79 Å². The Morgan fingerprint density at radius 2 is 1.75 bits per heavy atom. The lowest BCUT2D eigenvalue weighted by atomic mass is 10.0. The van der Waals surface area contributed by atoms with E-state index in [0.29, 0.717) is 11.3 Å². The van der Waals surface area contributed by atoms with E-state index in [1.54, 1.807) is 24.3 Å². The zero-order chi connectivity index (χ0) is 11.5. The number of rotatable bonds is 1. The van der Waals surface area contributed by atoms with Gasteiger partial charge in [0.05, 0.1) is 0 Å². The number of hydrogen-bond acceptors (Lipinski definition) is 2. The minimum Gasteiger partial charge on any atom is -0.399 e. The molecule has 1 heterocycles. The van der Waals surface area contributed by atoms with Gasteiger partial charge in [-0.1, -0.05) is 12.2 Å². The summed E-state index contributed by atoms with van der Waals surface area (Å²) in [5, 5.41) is 0. The molecule has 1 aliphatic heterocycles. The zero-order valence-electron chi connectivity index (χ0n) is 9.28. The third-order valence-electron chi connectivity index (χ3n) is 2.92. The lowest BCUT2D eigenvalue weighted by Crippen LogP contribution is -2.36. The molecule has 3 heteroatoms. The van der Waals surface area contributed by atoms with Crippen molar-refractivity contribution in [3.63, 3.8) is 0 Å². The molecule has 0 aromatic heterocycles. The lowest BCUT2D eigenvalue weighted by molar-refractivity contribution is 0.0744. The van der Waals surface area contributed by atoms with Gasteiger partial charge in [0.1, 0.15) is 0 Å². The monoisotopic (exact) mass is 216 g/mol. The van der Waals surface area contributed by atoms with Crippen molar-refractivity contribution in [2.45, 2.75) is 12.8 Å². The molecule has 1 fully saturated rings. The highest BCUT2D eigenvalue weighted by Crippen LogP contribution is 2.17. The summed E-state index contributed by atoms with van der Waals surface area (Å²) in [5.74, 6) is 0.0903. The zero-order valence-corrected chi connectivity index (χ0v) is 9.28. The summed E-state index contributed by atoms with van der Waals surface area (Å²) in [6, 6.07) is 7.08. The molecule has 0 saturated carbocycles. The van der Waals surface area contributed by atoms with Gasteiger partial charge < -0.3 is 10.6 Å². The van der Waals surface area contributed by atoms with Gasteiger partial charge in [-0.25, -0.2) is 0 Å². The van der Waals surface area contributed by atoms with Crippen molar-refractivity contribution in [3.8, 4) is 0 Å². The van der Waals surface area contributed by atoms with Crippen LogP contribution in [-0.4, -0.2) is 23.9 Å². The van der Waals surface area contributed by atoms with E-state index in [1.165, 1.54) is 5.57 Å². The standard InChI is InChI=1S/C13H16N2O/c1-10-6-8-15(9-7-10)13(16)11-2-4-12(14)5-3-11/h2-5H,1,6-9,14H2. The minimum atomic E-state index is 0.0903. The highest BCUT2D eigenvalue weighted by atomic mass is 16.2. The molecule has 0 atom stereocenters. The van der Waals surface area contributed by atoms with Gasteiger partial charge in [-0.05, 0) is 37.1 Å². The first-order valence-corrected chi connectivity index (χ1v) is 5.48. The van der Waals surface area contributed by atoms with E-state index in [2.05, 4.69) is 6.58 Å². The molecule has 0 bridgehead atoms. The van der Waals surface area contributed by atoms with Crippen LogP contribution in [0, 0.1) is 0 Å². The fourth-order valence-electron chi connectivity index (χ4n) is 1.83. The van der Waals surface area contributed by atoms with Crippen LogP contribution in [0.1, 0.15) is 23.2 Å². The Morgan fingerprint density at radius 1 is 1.19 bits per heavy atom. The molecule has 0 spiro atoms. The number of nitrogens with zero attached hydrogens (tertiary/aromatic N) is 1. The van der Waals surface area contributed by atoms with E-state index >= 15 is 0 Å². The Kier molecular flexibility index (Phi) is 2.95. The topological polar surface area (TPSA) is 46.3 Å². The van der Waals surface area contributed by atoms with Crippen molar-refractivity contribution < 1.29 is 4.79 Å². The summed E-state index contributed by atoms with van der Waals surface area (Å²) in [7, 11) is 0. The number of amides is 1. The molecule has 84 valence electrons. The van der Waals surface area contributed by atoms with Gasteiger partial charge in [-0.15, -0.1) is 0 Å². The van der Waals surface area contributed by atoms with Gasteiger partial charge in [0, 0.05) is 24.3 Å². The lowest BCUT2D eigenvalue weighted by Gasteiger charge is -2.28. The number of carbonyl (C=O) groups is 1. The fourth-order valence-corrected chi connectivity index (χ4v) is 1.83. The van der Waals surface area contributed by atoms with Crippen molar-refractivity contribution in [2.24, 2.45) is 0 Å². The minimum absolute atomic E-state index is 0.0903. The average molecular weight is 216 g/mol. The maximum Gasteiger partial charge on any atom is 0.253 e. The number of hydrogen-bond donors (Lipinski definition) is 1. The van der Waals surface area contributed by atoms with Gasteiger partial charge in [-0.2, -0.15) is 0 Å². The molecule has 16 heavy (non-hydrogen) atoms. The van der Waals surface area contributed by atoms with Gasteiger partial charge in [-0.3, -0.25) is 4.79 Å². The van der Waals surface area contributed by atoms with Crippen LogP contribution >= 0.6 is 0 Å². The van der Waals surface area contributed by atoms with Crippen molar-refractivity contribution >= 4 is 11.6 Å². The van der Waals surface area contributed by atoms with Gasteiger partial charge in [0.2, 0.25) is 0 Å². The van der Waals surface area contributed by atoms with E-state index in [1.807, 2.05) is 4.90 Å². The molecule has 0 aliphatic carbocycles. The molecule has 0 unspecified atom stereocenters. The first kappa shape index (κ1) is 10.7. The van der Waals surface area contributed by atoms with Crippen LogP contribution < -0.4 is 5.73 Å².